The van der Waals surface area contributed by atoms with Gasteiger partial charge in [0.1, 0.15) is 5.76 Å². The van der Waals surface area contributed by atoms with Gasteiger partial charge in [-0.15, -0.1) is 0 Å². The summed E-state index contributed by atoms with van der Waals surface area (Å²) in [6.07, 6.45) is 2.59. The molecular weight excluding hydrogens is 188 g/mol. The Balaban J connectivity index is 2.00. The minimum absolute atomic E-state index is 0.156. The minimum atomic E-state index is 0.156. The molecule has 2 heteroatoms. The normalized spacial score (nSPS) is 19.2. The number of benzene rings is 1. The number of hydrogen-bond acceptors (Lipinski definition) is 2. The van der Waals surface area contributed by atoms with Crippen LogP contribution >= 0.6 is 0 Å². The number of hydrogen-bond donors (Lipinski definition) is 1. The number of Topliss-reactive ketones (excluding diaryl/α,β-unsaturated/α-hetero) is 1. The number of aliphatic hydroxyl groups excluding tert-OH is 1. The second kappa shape index (κ2) is 2.96. The van der Waals surface area contributed by atoms with Crippen molar-refractivity contribution in [3.8, 4) is 0 Å². The van der Waals surface area contributed by atoms with Crippen molar-refractivity contribution in [3.63, 3.8) is 0 Å². The van der Waals surface area contributed by atoms with Crippen LogP contribution in [0.1, 0.15) is 24.0 Å². The number of carbonyl (C=O) groups excluding carboxylic acids is 1. The first-order valence-electron chi connectivity index (χ1n) is 5.32. The lowest BCUT2D eigenvalue weighted by atomic mass is 10.1. The van der Waals surface area contributed by atoms with E-state index in [1.54, 1.807) is 0 Å². The van der Waals surface area contributed by atoms with E-state index in [4.69, 9.17) is 0 Å². The van der Waals surface area contributed by atoms with Crippen molar-refractivity contribution < 1.29 is 9.90 Å². The van der Waals surface area contributed by atoms with Crippen LogP contribution in [-0.2, 0) is 11.2 Å². The number of fused-ring (bicyclic) bond motifs is 1. The molecule has 0 unspecified atom stereocenters. The smallest absolute Gasteiger partial charge is 0.165 e. The van der Waals surface area contributed by atoms with Gasteiger partial charge in [0.25, 0.3) is 0 Å². The van der Waals surface area contributed by atoms with Crippen LogP contribution in [0.4, 0.5) is 0 Å². The van der Waals surface area contributed by atoms with E-state index in [0.717, 1.165) is 24.0 Å². The third-order valence-electron chi connectivity index (χ3n) is 3.17. The summed E-state index contributed by atoms with van der Waals surface area (Å²) in [5.41, 5.74) is 2.53. The lowest BCUT2D eigenvalue weighted by Crippen LogP contribution is -2.05. The second-order valence-electron chi connectivity index (χ2n) is 4.30. The summed E-state index contributed by atoms with van der Waals surface area (Å²) in [5.74, 6) is 0.558. The average Bonchev–Trinajstić information content (AvgIpc) is 3.04. The summed E-state index contributed by atoms with van der Waals surface area (Å²) in [6.45, 7) is 0. The van der Waals surface area contributed by atoms with Crippen molar-refractivity contribution in [2.45, 2.75) is 19.3 Å². The van der Waals surface area contributed by atoms with Gasteiger partial charge < -0.3 is 5.11 Å². The molecule has 0 amide bonds. The molecule has 1 aromatic carbocycles. The van der Waals surface area contributed by atoms with E-state index in [1.807, 2.05) is 24.3 Å². The van der Waals surface area contributed by atoms with Crippen molar-refractivity contribution in [3.05, 3.63) is 41.0 Å². The zero-order valence-corrected chi connectivity index (χ0v) is 8.36. The van der Waals surface area contributed by atoms with Crippen molar-refractivity contribution in [1.29, 1.82) is 0 Å². The standard InChI is InChI=1S/C13H12O2/c14-12(8-5-6-8)11-7-9-3-1-2-4-10(9)13(11)15/h1-4,8,15H,5-7H2. The molecule has 1 saturated carbocycles. The summed E-state index contributed by atoms with van der Waals surface area (Å²) in [4.78, 5) is 11.9. The molecule has 1 fully saturated rings. The molecule has 15 heavy (non-hydrogen) atoms. The fourth-order valence-corrected chi connectivity index (χ4v) is 2.14. The van der Waals surface area contributed by atoms with Gasteiger partial charge in [0.05, 0.1) is 0 Å². The van der Waals surface area contributed by atoms with Crippen LogP contribution in [0.25, 0.3) is 5.76 Å². The summed E-state index contributed by atoms with van der Waals surface area (Å²) in [5, 5.41) is 9.95. The van der Waals surface area contributed by atoms with Crippen LogP contribution in [-0.4, -0.2) is 10.9 Å². The molecule has 0 aromatic heterocycles. The van der Waals surface area contributed by atoms with Crippen molar-refractivity contribution in [1.82, 2.24) is 0 Å². The topological polar surface area (TPSA) is 37.3 Å². The van der Waals surface area contributed by atoms with Gasteiger partial charge >= 0.3 is 0 Å². The molecule has 1 N–H and O–H groups in total. The molecule has 76 valence electrons. The number of aliphatic hydroxyl groups is 1. The van der Waals surface area contributed by atoms with Crippen LogP contribution in [0.5, 0.6) is 0 Å². The zero-order chi connectivity index (χ0) is 10.4. The average molecular weight is 200 g/mol. The molecule has 0 heterocycles. The molecule has 2 aliphatic carbocycles. The lowest BCUT2D eigenvalue weighted by Gasteiger charge is -1.99. The fraction of sp³-hybridized carbons (Fsp3) is 0.308. The van der Waals surface area contributed by atoms with Gasteiger partial charge in [-0.1, -0.05) is 24.3 Å². The molecule has 2 nitrogen and oxygen atoms in total. The predicted octanol–water partition coefficient (Wildman–Crippen LogP) is 2.49. The first-order valence-corrected chi connectivity index (χ1v) is 5.32. The van der Waals surface area contributed by atoms with Crippen molar-refractivity contribution in [2.24, 2.45) is 5.92 Å². The number of rotatable bonds is 2. The van der Waals surface area contributed by atoms with E-state index in [1.165, 1.54) is 0 Å². The molecule has 3 rings (SSSR count). The molecule has 0 saturated heterocycles. The third-order valence-corrected chi connectivity index (χ3v) is 3.17. The number of carbonyl (C=O) groups is 1. The van der Waals surface area contributed by atoms with Crippen LogP contribution < -0.4 is 0 Å². The third kappa shape index (κ3) is 1.29. The van der Waals surface area contributed by atoms with E-state index in [0.29, 0.717) is 12.0 Å². The molecule has 2 aliphatic rings. The maximum absolute atomic E-state index is 11.9. The van der Waals surface area contributed by atoms with Gasteiger partial charge in [-0.2, -0.15) is 0 Å². The van der Waals surface area contributed by atoms with Gasteiger partial charge in [-0.3, -0.25) is 4.79 Å². The first-order chi connectivity index (χ1) is 7.27. The van der Waals surface area contributed by atoms with Gasteiger partial charge in [-0.05, 0) is 18.4 Å². The van der Waals surface area contributed by atoms with Gasteiger partial charge in [-0.25, -0.2) is 0 Å². The molecule has 0 radical (unpaired) electrons. The second-order valence-corrected chi connectivity index (χ2v) is 4.30. The minimum Gasteiger partial charge on any atom is -0.507 e. The maximum Gasteiger partial charge on any atom is 0.165 e. The number of allylic oxidation sites excluding steroid dienone is 1. The molecule has 1 aromatic rings. The fourth-order valence-electron chi connectivity index (χ4n) is 2.14. The Bertz CT molecular complexity index is 467. The maximum atomic E-state index is 11.9. The van der Waals surface area contributed by atoms with Gasteiger partial charge in [0.2, 0.25) is 0 Å². The highest BCUT2D eigenvalue weighted by Gasteiger charge is 2.35. The largest absolute Gasteiger partial charge is 0.507 e. The van der Waals surface area contributed by atoms with E-state index >= 15 is 0 Å². The molecule has 0 spiro atoms. The highest BCUT2D eigenvalue weighted by Crippen LogP contribution is 2.38. The Morgan fingerprint density at radius 2 is 2.00 bits per heavy atom. The van der Waals surface area contributed by atoms with Crippen molar-refractivity contribution in [2.75, 3.05) is 0 Å². The molecular formula is C13H12O2. The van der Waals surface area contributed by atoms with Crippen LogP contribution in [0, 0.1) is 5.92 Å². The van der Waals surface area contributed by atoms with Crippen LogP contribution in [0.15, 0.2) is 29.8 Å². The Kier molecular flexibility index (Phi) is 1.72. The van der Waals surface area contributed by atoms with Crippen LogP contribution in [0.3, 0.4) is 0 Å². The highest BCUT2D eigenvalue weighted by atomic mass is 16.3. The molecule has 0 aliphatic heterocycles. The first kappa shape index (κ1) is 8.72. The van der Waals surface area contributed by atoms with Gasteiger partial charge in [0, 0.05) is 23.5 Å². The van der Waals surface area contributed by atoms with Crippen LogP contribution in [0.2, 0.25) is 0 Å². The lowest BCUT2D eigenvalue weighted by molar-refractivity contribution is -0.116. The van der Waals surface area contributed by atoms with E-state index in [2.05, 4.69) is 0 Å². The summed E-state index contributed by atoms with van der Waals surface area (Å²) in [7, 11) is 0. The molecule has 0 bridgehead atoms. The Labute approximate surface area is 88.2 Å². The van der Waals surface area contributed by atoms with Crippen molar-refractivity contribution >= 4 is 11.5 Å². The quantitative estimate of drug-likeness (QED) is 0.796. The number of ketones is 1. The molecule has 0 atom stereocenters. The summed E-state index contributed by atoms with van der Waals surface area (Å²) < 4.78 is 0. The van der Waals surface area contributed by atoms with E-state index in [9.17, 15) is 9.90 Å². The highest BCUT2D eigenvalue weighted by molar-refractivity contribution is 6.06. The summed E-state index contributed by atoms with van der Waals surface area (Å²) in [6, 6.07) is 7.67. The zero-order valence-electron chi connectivity index (χ0n) is 8.36. The SMILES string of the molecule is O=C(C1=C(O)c2ccccc2C1)C1CC1. The Morgan fingerprint density at radius 1 is 1.27 bits per heavy atom. The monoisotopic (exact) mass is 200 g/mol. The Hall–Kier alpha value is -1.57. The Morgan fingerprint density at radius 3 is 2.67 bits per heavy atom. The van der Waals surface area contributed by atoms with E-state index in [-0.39, 0.29) is 17.5 Å². The van der Waals surface area contributed by atoms with E-state index < -0.39 is 0 Å². The van der Waals surface area contributed by atoms with Gasteiger partial charge in [0.15, 0.2) is 5.78 Å². The summed E-state index contributed by atoms with van der Waals surface area (Å²) >= 11 is 0. The predicted molar refractivity (Wildman–Crippen MR) is 57.4 cm³/mol.